The summed E-state index contributed by atoms with van der Waals surface area (Å²) in [7, 11) is 1.67. The van der Waals surface area contributed by atoms with Gasteiger partial charge in [0.1, 0.15) is 5.75 Å². The number of aryl methyl sites for hydroxylation is 4. The molecule has 0 fully saturated rings. The molecule has 0 saturated carbocycles. The Morgan fingerprint density at radius 3 is 1.30 bits per heavy atom. The predicted molar refractivity (Wildman–Crippen MR) is 234 cm³/mol. The molecule has 0 unspecified atom stereocenters. The molecule has 0 aromatic heterocycles. The van der Waals surface area contributed by atoms with Gasteiger partial charge in [-0.1, -0.05) is 170 Å². The monoisotopic (exact) mass is 699 g/mol. The van der Waals surface area contributed by atoms with Crippen LogP contribution in [-0.2, 0) is 0 Å². The van der Waals surface area contributed by atoms with Gasteiger partial charge in [-0.2, -0.15) is 0 Å². The Bertz CT molecular complexity index is 1940. The van der Waals surface area contributed by atoms with Gasteiger partial charge in [0.2, 0.25) is 0 Å². The molecule has 2 nitrogen and oxygen atoms in total. The van der Waals surface area contributed by atoms with E-state index in [0.29, 0.717) is 0 Å². The van der Waals surface area contributed by atoms with Gasteiger partial charge in [-0.25, -0.2) is 0 Å². The van der Waals surface area contributed by atoms with Crippen molar-refractivity contribution in [2.24, 2.45) is 0 Å². The first-order valence-electron chi connectivity index (χ1n) is 18.5. The molecule has 0 bridgehead atoms. The fourth-order valence-electron chi connectivity index (χ4n) is 5.32. The molecule has 272 valence electrons. The maximum atomic E-state index is 4.97. The van der Waals surface area contributed by atoms with Crippen molar-refractivity contribution in [2.75, 3.05) is 12.0 Å². The second-order valence-corrected chi connectivity index (χ2v) is 12.4. The standard InChI is InChI=1S/C33H31N.C8H10O.C8H10.C2H6/c1-4-6-8-11-27(5-2)29-16-22-32(23-17-29)34(31-20-14-26(3)15-21-31)33-24-18-30(19-25-33)28-12-9-7-10-13-28;1-7-3-5-8(9-2)6-4-7;1-7-3-5-8(2)6-4-7;1-2/h4-25H,1-3H3;3-6H,1-2H3;3-6H,1-2H3;1-2H3/b6-4-,11-8-,27-5+;;;. The zero-order chi connectivity index (χ0) is 38.4. The number of anilines is 3. The molecule has 6 aromatic rings. The van der Waals surface area contributed by atoms with Gasteiger partial charge in [0.05, 0.1) is 7.11 Å². The number of methoxy groups -OCH3 is 1. The summed E-state index contributed by atoms with van der Waals surface area (Å²) in [6.07, 6.45) is 10.5. The van der Waals surface area contributed by atoms with Crippen molar-refractivity contribution < 1.29 is 4.74 Å². The Labute approximate surface area is 320 Å². The van der Waals surface area contributed by atoms with Crippen molar-refractivity contribution in [2.45, 2.75) is 55.4 Å². The van der Waals surface area contributed by atoms with Crippen molar-refractivity contribution in [3.8, 4) is 16.9 Å². The van der Waals surface area contributed by atoms with Crippen molar-refractivity contribution >= 4 is 22.6 Å². The lowest BCUT2D eigenvalue weighted by atomic mass is 10.0. The van der Waals surface area contributed by atoms with Gasteiger partial charge in [-0.05, 0) is 112 Å². The van der Waals surface area contributed by atoms with Crippen LogP contribution in [0.2, 0.25) is 0 Å². The Kier molecular flexibility index (Phi) is 17.9. The van der Waals surface area contributed by atoms with Crippen molar-refractivity contribution in [1.29, 1.82) is 0 Å². The first-order chi connectivity index (χ1) is 25.8. The maximum absolute atomic E-state index is 4.97. The Balaban J connectivity index is 0.000000323. The molecule has 6 aromatic carbocycles. The SMILES string of the molecule is CC.COc1ccc(C)cc1.C\C=C/C=C\C(=C/C)c1ccc(N(c2ccc(C)cc2)c2ccc(-c3ccccc3)cc2)cc1.Cc1ccc(C)cc1. The van der Waals surface area contributed by atoms with Gasteiger partial charge in [0, 0.05) is 17.1 Å². The van der Waals surface area contributed by atoms with E-state index in [1.165, 1.54) is 44.5 Å². The van der Waals surface area contributed by atoms with Crippen LogP contribution in [0.15, 0.2) is 182 Å². The number of allylic oxidation sites excluding steroid dienone is 6. The lowest BCUT2D eigenvalue weighted by molar-refractivity contribution is 0.414. The van der Waals surface area contributed by atoms with Crippen LogP contribution in [0.5, 0.6) is 5.75 Å². The van der Waals surface area contributed by atoms with Crippen LogP contribution in [0.1, 0.15) is 55.5 Å². The summed E-state index contributed by atoms with van der Waals surface area (Å²) < 4.78 is 4.97. The summed E-state index contributed by atoms with van der Waals surface area (Å²) in [6, 6.07) is 53.3. The van der Waals surface area contributed by atoms with Crippen LogP contribution >= 0.6 is 0 Å². The first kappa shape index (κ1) is 41.6. The van der Waals surface area contributed by atoms with E-state index in [1.54, 1.807) is 7.11 Å². The van der Waals surface area contributed by atoms with E-state index in [4.69, 9.17) is 4.74 Å². The van der Waals surface area contributed by atoms with E-state index in [2.05, 4.69) is 191 Å². The first-order valence-corrected chi connectivity index (χ1v) is 18.5. The molecule has 0 amide bonds. The fraction of sp³-hybridized carbons (Fsp3) is 0.176. The van der Waals surface area contributed by atoms with Gasteiger partial charge in [0.15, 0.2) is 0 Å². The smallest absolute Gasteiger partial charge is 0.118 e. The molecule has 2 heteroatoms. The van der Waals surface area contributed by atoms with Gasteiger partial charge < -0.3 is 9.64 Å². The number of hydrogen-bond donors (Lipinski definition) is 0. The molecule has 0 atom stereocenters. The highest BCUT2D eigenvalue weighted by atomic mass is 16.5. The van der Waals surface area contributed by atoms with Gasteiger partial charge >= 0.3 is 0 Å². The lowest BCUT2D eigenvalue weighted by Gasteiger charge is -2.26. The number of rotatable bonds is 8. The normalized spacial score (nSPS) is 10.7. The second-order valence-electron chi connectivity index (χ2n) is 12.4. The quantitative estimate of drug-likeness (QED) is 0.147. The zero-order valence-corrected chi connectivity index (χ0v) is 33.2. The number of benzene rings is 6. The molecule has 0 aliphatic rings. The third-order valence-electron chi connectivity index (χ3n) is 8.35. The molecule has 0 spiro atoms. The Morgan fingerprint density at radius 2 is 0.868 bits per heavy atom. The van der Waals surface area contributed by atoms with Crippen LogP contribution in [0.3, 0.4) is 0 Å². The molecule has 53 heavy (non-hydrogen) atoms. The zero-order valence-electron chi connectivity index (χ0n) is 33.2. The minimum absolute atomic E-state index is 0.917. The highest BCUT2D eigenvalue weighted by molar-refractivity contribution is 5.81. The summed E-state index contributed by atoms with van der Waals surface area (Å²) in [4.78, 5) is 2.31. The van der Waals surface area contributed by atoms with Crippen LogP contribution in [0, 0.1) is 27.7 Å². The molecule has 0 radical (unpaired) electrons. The molecule has 0 aliphatic heterocycles. The lowest BCUT2D eigenvalue weighted by Crippen LogP contribution is -2.09. The average Bonchev–Trinajstić information content (AvgIpc) is 3.21. The van der Waals surface area contributed by atoms with E-state index in [9.17, 15) is 0 Å². The topological polar surface area (TPSA) is 12.5 Å². The largest absolute Gasteiger partial charge is 0.497 e. The van der Waals surface area contributed by atoms with Gasteiger partial charge in [0.25, 0.3) is 0 Å². The number of ether oxygens (including phenoxy) is 1. The summed E-state index contributed by atoms with van der Waals surface area (Å²) in [5.41, 5.74) is 13.4. The van der Waals surface area contributed by atoms with Crippen LogP contribution in [-0.4, -0.2) is 7.11 Å². The Morgan fingerprint density at radius 1 is 0.472 bits per heavy atom. The van der Waals surface area contributed by atoms with Crippen LogP contribution < -0.4 is 9.64 Å². The highest BCUT2D eigenvalue weighted by Gasteiger charge is 2.13. The molecule has 6 rings (SSSR count). The molecular formula is C51H57NO. The summed E-state index contributed by atoms with van der Waals surface area (Å²) >= 11 is 0. The van der Waals surface area contributed by atoms with Gasteiger partial charge in [-0.3, -0.25) is 0 Å². The highest BCUT2D eigenvalue weighted by Crippen LogP contribution is 2.36. The molecule has 0 saturated heterocycles. The second kappa shape index (κ2) is 22.9. The van der Waals surface area contributed by atoms with Crippen molar-refractivity contribution in [1.82, 2.24) is 0 Å². The summed E-state index contributed by atoms with van der Waals surface area (Å²) in [6.45, 7) is 16.5. The van der Waals surface area contributed by atoms with E-state index >= 15 is 0 Å². The Hall–Kier alpha value is -5.86. The number of hydrogen-bond acceptors (Lipinski definition) is 2. The molecular weight excluding hydrogens is 643 g/mol. The van der Waals surface area contributed by atoms with Crippen molar-refractivity contribution in [3.63, 3.8) is 0 Å². The molecule has 0 aliphatic carbocycles. The van der Waals surface area contributed by atoms with E-state index in [1.807, 2.05) is 51.1 Å². The van der Waals surface area contributed by atoms with E-state index in [-0.39, 0.29) is 0 Å². The summed E-state index contributed by atoms with van der Waals surface area (Å²) in [5, 5.41) is 0. The predicted octanol–water partition coefficient (Wildman–Crippen LogP) is 15.0. The van der Waals surface area contributed by atoms with Crippen LogP contribution in [0.4, 0.5) is 17.1 Å². The van der Waals surface area contributed by atoms with E-state index in [0.717, 1.165) is 22.8 Å². The molecule has 0 N–H and O–H groups in total. The minimum atomic E-state index is 0.917. The summed E-state index contributed by atoms with van der Waals surface area (Å²) in [5.74, 6) is 0.917. The number of nitrogens with zero attached hydrogens (tertiary/aromatic N) is 1. The minimum Gasteiger partial charge on any atom is -0.497 e. The van der Waals surface area contributed by atoms with Gasteiger partial charge in [-0.15, -0.1) is 0 Å². The third-order valence-corrected chi connectivity index (χ3v) is 8.35. The van der Waals surface area contributed by atoms with E-state index < -0.39 is 0 Å². The maximum Gasteiger partial charge on any atom is 0.118 e. The van der Waals surface area contributed by atoms with Crippen LogP contribution in [0.25, 0.3) is 16.7 Å². The third kappa shape index (κ3) is 13.7. The average molecular weight is 700 g/mol. The fourth-order valence-corrected chi connectivity index (χ4v) is 5.32. The van der Waals surface area contributed by atoms with Crippen molar-refractivity contribution in [3.05, 3.63) is 210 Å². The molecule has 0 heterocycles.